The summed E-state index contributed by atoms with van der Waals surface area (Å²) in [6.07, 6.45) is 2.10. The number of ether oxygens (including phenoxy) is 1. The zero-order valence-electron chi connectivity index (χ0n) is 15.9. The second kappa shape index (κ2) is 12.0. The molecular formula is C19H30N4O4. The van der Waals surface area contributed by atoms with Gasteiger partial charge in [0.2, 0.25) is 11.8 Å². The molecule has 0 spiro atoms. The first-order chi connectivity index (χ1) is 12.9. The first-order valence-electron chi connectivity index (χ1n) is 9.07. The molecule has 2 amide bonds. The van der Waals surface area contributed by atoms with E-state index in [1.165, 1.54) is 14.0 Å². The number of rotatable bonds is 11. The summed E-state index contributed by atoms with van der Waals surface area (Å²) >= 11 is 0. The molecule has 0 fully saturated rings. The van der Waals surface area contributed by atoms with Crippen LogP contribution in [0.1, 0.15) is 31.7 Å². The molecule has 8 heteroatoms. The lowest BCUT2D eigenvalue weighted by atomic mass is 10.0. The number of methoxy groups -OCH3 is 1. The average Bonchev–Trinajstić information content (AvgIpc) is 2.66. The minimum absolute atomic E-state index is 0.280. The van der Waals surface area contributed by atoms with Gasteiger partial charge in [0.05, 0.1) is 13.2 Å². The smallest absolute Gasteiger partial charge is 0.328 e. The maximum atomic E-state index is 12.8. The number of benzene rings is 1. The van der Waals surface area contributed by atoms with Crippen LogP contribution < -0.4 is 22.1 Å². The van der Waals surface area contributed by atoms with Crippen molar-refractivity contribution >= 4 is 17.8 Å². The van der Waals surface area contributed by atoms with Crippen molar-refractivity contribution in [2.75, 3.05) is 13.7 Å². The SMILES string of the molecule is COC(=O)C(CCCCN)NC(=O)[C@H](Cc1ccccc1)NC(=O)[C@H](C)N. The van der Waals surface area contributed by atoms with Gasteiger partial charge < -0.3 is 26.8 Å². The molecule has 0 radical (unpaired) electrons. The number of carbonyl (C=O) groups excluding carboxylic acids is 3. The molecule has 1 aromatic carbocycles. The van der Waals surface area contributed by atoms with Crippen LogP contribution in [0.25, 0.3) is 0 Å². The van der Waals surface area contributed by atoms with Crippen LogP contribution >= 0.6 is 0 Å². The van der Waals surface area contributed by atoms with Gasteiger partial charge in [-0.3, -0.25) is 9.59 Å². The van der Waals surface area contributed by atoms with E-state index in [1.807, 2.05) is 30.3 Å². The third-order valence-electron chi connectivity index (χ3n) is 4.08. The van der Waals surface area contributed by atoms with E-state index in [0.29, 0.717) is 19.4 Å². The highest BCUT2D eigenvalue weighted by atomic mass is 16.5. The Hall–Kier alpha value is -2.45. The maximum absolute atomic E-state index is 12.8. The van der Waals surface area contributed by atoms with E-state index in [0.717, 1.165) is 12.0 Å². The molecule has 0 saturated carbocycles. The number of hydrogen-bond acceptors (Lipinski definition) is 6. The molecule has 3 atom stereocenters. The molecule has 1 rings (SSSR count). The van der Waals surface area contributed by atoms with Crippen LogP contribution in [0.5, 0.6) is 0 Å². The third kappa shape index (κ3) is 8.19. The molecular weight excluding hydrogens is 348 g/mol. The molecule has 1 aromatic rings. The number of esters is 1. The molecule has 0 saturated heterocycles. The van der Waals surface area contributed by atoms with Crippen LogP contribution in [0.4, 0.5) is 0 Å². The second-order valence-corrected chi connectivity index (χ2v) is 6.41. The van der Waals surface area contributed by atoms with Crippen molar-refractivity contribution in [3.8, 4) is 0 Å². The minimum atomic E-state index is -0.854. The van der Waals surface area contributed by atoms with Crippen molar-refractivity contribution in [1.82, 2.24) is 10.6 Å². The molecule has 150 valence electrons. The van der Waals surface area contributed by atoms with Crippen molar-refractivity contribution in [3.05, 3.63) is 35.9 Å². The first kappa shape index (κ1) is 22.6. The van der Waals surface area contributed by atoms with Crippen LogP contribution in [-0.4, -0.2) is 49.6 Å². The zero-order valence-corrected chi connectivity index (χ0v) is 15.9. The van der Waals surface area contributed by atoms with Crippen molar-refractivity contribution in [3.63, 3.8) is 0 Å². The summed E-state index contributed by atoms with van der Waals surface area (Å²) in [5, 5.41) is 5.33. The zero-order chi connectivity index (χ0) is 20.2. The molecule has 0 aliphatic rings. The number of unbranched alkanes of at least 4 members (excludes halogenated alkanes) is 1. The van der Waals surface area contributed by atoms with Crippen LogP contribution in [0.15, 0.2) is 30.3 Å². The quantitative estimate of drug-likeness (QED) is 0.312. The Morgan fingerprint density at radius 2 is 1.67 bits per heavy atom. The number of nitrogens with two attached hydrogens (primary N) is 2. The largest absolute Gasteiger partial charge is 0.467 e. The van der Waals surface area contributed by atoms with E-state index in [1.54, 1.807) is 0 Å². The van der Waals surface area contributed by atoms with Crippen LogP contribution in [0.3, 0.4) is 0 Å². The molecule has 0 heterocycles. The molecule has 0 aliphatic heterocycles. The van der Waals surface area contributed by atoms with Gasteiger partial charge in [0.25, 0.3) is 0 Å². The van der Waals surface area contributed by atoms with E-state index in [-0.39, 0.29) is 6.42 Å². The van der Waals surface area contributed by atoms with E-state index in [4.69, 9.17) is 16.2 Å². The van der Waals surface area contributed by atoms with Crippen molar-refractivity contribution in [1.29, 1.82) is 0 Å². The Kier molecular flexibility index (Phi) is 10.1. The number of carbonyl (C=O) groups is 3. The lowest BCUT2D eigenvalue weighted by Gasteiger charge is -2.23. The highest BCUT2D eigenvalue weighted by Gasteiger charge is 2.27. The maximum Gasteiger partial charge on any atom is 0.328 e. The Morgan fingerprint density at radius 1 is 1.04 bits per heavy atom. The summed E-state index contributed by atoms with van der Waals surface area (Å²) in [7, 11) is 1.27. The van der Waals surface area contributed by atoms with Gasteiger partial charge in [-0.2, -0.15) is 0 Å². The topological polar surface area (TPSA) is 137 Å². The lowest BCUT2D eigenvalue weighted by Crippen LogP contribution is -2.55. The van der Waals surface area contributed by atoms with E-state index in [2.05, 4.69) is 10.6 Å². The summed E-state index contributed by atoms with van der Waals surface area (Å²) in [6.45, 7) is 2.04. The second-order valence-electron chi connectivity index (χ2n) is 6.41. The van der Waals surface area contributed by atoms with Crippen molar-refractivity contribution in [2.24, 2.45) is 11.5 Å². The molecule has 27 heavy (non-hydrogen) atoms. The summed E-state index contributed by atoms with van der Waals surface area (Å²) in [5.41, 5.74) is 12.0. The van der Waals surface area contributed by atoms with E-state index >= 15 is 0 Å². The van der Waals surface area contributed by atoms with Crippen LogP contribution in [0.2, 0.25) is 0 Å². The van der Waals surface area contributed by atoms with Gasteiger partial charge in [0.15, 0.2) is 0 Å². The molecule has 6 N–H and O–H groups in total. The highest BCUT2D eigenvalue weighted by Crippen LogP contribution is 2.07. The van der Waals surface area contributed by atoms with Gasteiger partial charge in [-0.05, 0) is 38.3 Å². The number of nitrogens with one attached hydrogen (secondary N) is 2. The fourth-order valence-electron chi connectivity index (χ4n) is 2.52. The van der Waals surface area contributed by atoms with E-state index in [9.17, 15) is 14.4 Å². The van der Waals surface area contributed by atoms with Crippen LogP contribution in [-0.2, 0) is 25.5 Å². The summed E-state index contributed by atoms with van der Waals surface area (Å²) in [5.74, 6) is -1.43. The first-order valence-corrected chi connectivity index (χ1v) is 9.07. The van der Waals surface area contributed by atoms with Gasteiger partial charge >= 0.3 is 5.97 Å². The Labute approximate surface area is 160 Å². The third-order valence-corrected chi connectivity index (χ3v) is 4.08. The summed E-state index contributed by atoms with van der Waals surface area (Å²) in [6, 6.07) is 6.88. The fraction of sp³-hybridized carbons (Fsp3) is 0.526. The monoisotopic (exact) mass is 378 g/mol. The van der Waals surface area contributed by atoms with Crippen molar-refractivity contribution < 1.29 is 19.1 Å². The van der Waals surface area contributed by atoms with E-state index < -0.39 is 35.9 Å². The van der Waals surface area contributed by atoms with Gasteiger partial charge in [-0.1, -0.05) is 30.3 Å². The predicted octanol–water partition coefficient (Wildman–Crippen LogP) is -0.152. The van der Waals surface area contributed by atoms with Gasteiger partial charge in [-0.25, -0.2) is 4.79 Å². The Balaban J connectivity index is 2.88. The number of amides is 2. The lowest BCUT2D eigenvalue weighted by molar-refractivity contribution is -0.145. The van der Waals surface area contributed by atoms with Crippen molar-refractivity contribution in [2.45, 2.75) is 50.7 Å². The molecule has 0 aliphatic carbocycles. The van der Waals surface area contributed by atoms with Gasteiger partial charge in [0, 0.05) is 6.42 Å². The van der Waals surface area contributed by atoms with Crippen LogP contribution in [0, 0.1) is 0 Å². The standard InChI is InChI=1S/C19H30N4O4/c1-13(21)17(24)23-16(12-14-8-4-3-5-9-14)18(25)22-15(19(26)27-2)10-6-7-11-20/h3-5,8-9,13,15-16H,6-7,10-12,20-21H2,1-2H3,(H,22,25)(H,23,24)/t13-,15?,16-/m0/s1. The molecule has 0 bridgehead atoms. The summed E-state index contributed by atoms with van der Waals surface area (Å²) < 4.78 is 4.77. The van der Waals surface area contributed by atoms with Gasteiger partial charge in [-0.15, -0.1) is 0 Å². The average molecular weight is 378 g/mol. The predicted molar refractivity (Wildman–Crippen MR) is 103 cm³/mol. The Morgan fingerprint density at radius 3 is 2.22 bits per heavy atom. The van der Waals surface area contributed by atoms with Gasteiger partial charge in [0.1, 0.15) is 12.1 Å². The molecule has 1 unspecified atom stereocenters. The fourth-order valence-corrected chi connectivity index (χ4v) is 2.52. The highest BCUT2D eigenvalue weighted by molar-refractivity contribution is 5.92. The normalized spacial score (nSPS) is 13.9. The summed E-state index contributed by atoms with van der Waals surface area (Å²) in [4.78, 5) is 36.8. The number of hydrogen-bond donors (Lipinski definition) is 4. The molecule has 0 aromatic heterocycles. The Bertz CT molecular complexity index is 607. The minimum Gasteiger partial charge on any atom is -0.467 e. The molecule has 8 nitrogen and oxygen atoms in total.